The summed E-state index contributed by atoms with van der Waals surface area (Å²) in [6.07, 6.45) is 12.0. The van der Waals surface area contributed by atoms with E-state index in [1.807, 2.05) is 25.2 Å². The molecule has 7 nitrogen and oxygen atoms in total. The Hall–Kier alpha value is -3.19. The summed E-state index contributed by atoms with van der Waals surface area (Å²) in [5.41, 5.74) is 5.68. The summed E-state index contributed by atoms with van der Waals surface area (Å²) in [7, 11) is 0. The van der Waals surface area contributed by atoms with Crippen LogP contribution in [-0.2, 0) is 14.3 Å². The van der Waals surface area contributed by atoms with Crippen LogP contribution in [-0.4, -0.2) is 48.2 Å². The van der Waals surface area contributed by atoms with Gasteiger partial charge in [0.05, 0.1) is 12.2 Å². The number of fused-ring (bicyclic) bond motifs is 4. The van der Waals surface area contributed by atoms with Crippen molar-refractivity contribution in [3.05, 3.63) is 64.3 Å². The maximum absolute atomic E-state index is 12.2. The first-order valence-corrected chi connectivity index (χ1v) is 14.8. The average molecular weight is 547 g/mol. The van der Waals surface area contributed by atoms with Crippen molar-refractivity contribution < 1.29 is 24.2 Å². The zero-order valence-corrected chi connectivity index (χ0v) is 23.9. The number of rotatable bonds is 7. The zero-order chi connectivity index (χ0) is 28.5. The quantitative estimate of drug-likeness (QED) is 0.407. The third-order valence-corrected chi connectivity index (χ3v) is 10.0. The highest BCUT2D eigenvalue weighted by atomic mass is 16.5. The van der Waals surface area contributed by atoms with Crippen LogP contribution >= 0.6 is 0 Å². The van der Waals surface area contributed by atoms with Crippen LogP contribution < -0.4 is 10.6 Å². The smallest absolute Gasteiger partial charge is 0.325 e. The van der Waals surface area contributed by atoms with Gasteiger partial charge in [0.1, 0.15) is 6.54 Å². The molecule has 3 N–H and O–H groups in total. The molecule has 0 aromatic heterocycles. The number of carbonyl (C=O) groups excluding carboxylic acids is 3. The standard InChI is InChI=1S/C33H42N2O5/c1-4-40-29(37)20-35-31(38)34-17-5-6-21-7-9-22(10-8-21)27-19-32(2)28(15-16-33(32,3)39)26-13-11-23-18-24(36)12-14-25(23)30(26)27/h5-10,18,26-28,39H,4,11-17,19-20H2,1-3H3,(H2,34,35,38). The summed E-state index contributed by atoms with van der Waals surface area (Å²) in [5.74, 6) is 0.947. The van der Waals surface area contributed by atoms with Crippen LogP contribution in [0.15, 0.2) is 53.1 Å². The molecule has 1 aromatic rings. The van der Waals surface area contributed by atoms with E-state index in [0.717, 1.165) is 44.1 Å². The fraction of sp³-hybridized carbons (Fsp3) is 0.545. The lowest BCUT2D eigenvalue weighted by Crippen LogP contribution is -2.50. The van der Waals surface area contributed by atoms with Crippen molar-refractivity contribution in [2.45, 2.75) is 77.2 Å². The maximum atomic E-state index is 12.2. The lowest BCUT2D eigenvalue weighted by molar-refractivity contribution is -0.141. The lowest BCUT2D eigenvalue weighted by Gasteiger charge is -2.54. The second-order valence-electron chi connectivity index (χ2n) is 12.2. The molecule has 0 bridgehead atoms. The highest BCUT2D eigenvalue weighted by molar-refractivity contribution is 5.93. The molecule has 5 unspecified atom stereocenters. The first-order valence-electron chi connectivity index (χ1n) is 14.8. The van der Waals surface area contributed by atoms with Crippen LogP contribution in [0.2, 0.25) is 0 Å². The fourth-order valence-corrected chi connectivity index (χ4v) is 7.79. The Kier molecular flexibility index (Phi) is 8.05. The van der Waals surface area contributed by atoms with E-state index in [0.29, 0.717) is 24.8 Å². The Morgan fingerprint density at radius 3 is 2.62 bits per heavy atom. The molecular weight excluding hydrogens is 504 g/mol. The summed E-state index contributed by atoms with van der Waals surface area (Å²) < 4.78 is 4.80. The number of esters is 1. The molecule has 214 valence electrons. The number of ketones is 1. The van der Waals surface area contributed by atoms with E-state index >= 15 is 0 Å². The van der Waals surface area contributed by atoms with Crippen LogP contribution in [0.5, 0.6) is 0 Å². The molecule has 0 aliphatic heterocycles. The Morgan fingerprint density at radius 1 is 1.10 bits per heavy atom. The number of carbonyl (C=O) groups is 3. The van der Waals surface area contributed by atoms with E-state index < -0.39 is 17.6 Å². The van der Waals surface area contributed by atoms with E-state index in [-0.39, 0.29) is 30.3 Å². The molecule has 4 aliphatic rings. The average Bonchev–Trinajstić information content (AvgIpc) is 3.18. The van der Waals surface area contributed by atoms with Crippen molar-refractivity contribution >= 4 is 23.9 Å². The molecule has 2 saturated carbocycles. The topological polar surface area (TPSA) is 105 Å². The number of amides is 2. The summed E-state index contributed by atoms with van der Waals surface area (Å²) >= 11 is 0. The minimum Gasteiger partial charge on any atom is -0.465 e. The largest absolute Gasteiger partial charge is 0.465 e. The van der Waals surface area contributed by atoms with Crippen LogP contribution in [0, 0.1) is 17.3 Å². The molecule has 5 rings (SSSR count). The van der Waals surface area contributed by atoms with Crippen LogP contribution in [0.3, 0.4) is 0 Å². The first-order chi connectivity index (χ1) is 19.1. The maximum Gasteiger partial charge on any atom is 0.325 e. The van der Waals surface area contributed by atoms with E-state index in [2.05, 4.69) is 41.8 Å². The number of hydrogen-bond acceptors (Lipinski definition) is 5. The van der Waals surface area contributed by atoms with Crippen LogP contribution in [0.4, 0.5) is 4.79 Å². The predicted molar refractivity (Wildman–Crippen MR) is 154 cm³/mol. The number of urea groups is 1. The molecule has 0 heterocycles. The van der Waals surface area contributed by atoms with Crippen molar-refractivity contribution in [1.82, 2.24) is 10.6 Å². The van der Waals surface area contributed by atoms with Crippen LogP contribution in [0.1, 0.15) is 82.8 Å². The number of hydrogen-bond donors (Lipinski definition) is 3. The third kappa shape index (κ3) is 5.40. The minimum absolute atomic E-state index is 0.143. The van der Waals surface area contributed by atoms with Gasteiger partial charge in [0.2, 0.25) is 0 Å². The highest BCUT2D eigenvalue weighted by Crippen LogP contribution is 2.66. The SMILES string of the molecule is CCOC(=O)CNC(=O)NCC=Cc1ccc(C2CC3(C)C(CCC3(C)O)C3CCC4=CC(=O)CCC4=C23)cc1. The molecule has 0 radical (unpaired) electrons. The predicted octanol–water partition coefficient (Wildman–Crippen LogP) is 5.21. The molecule has 0 saturated heterocycles. The monoisotopic (exact) mass is 546 g/mol. The Balaban J connectivity index is 1.32. The zero-order valence-electron chi connectivity index (χ0n) is 23.9. The van der Waals surface area contributed by atoms with Gasteiger partial charge in [-0.15, -0.1) is 0 Å². The van der Waals surface area contributed by atoms with E-state index in [9.17, 15) is 19.5 Å². The lowest BCUT2D eigenvalue weighted by atomic mass is 9.51. The van der Waals surface area contributed by atoms with Gasteiger partial charge in [-0.3, -0.25) is 9.59 Å². The fourth-order valence-electron chi connectivity index (χ4n) is 7.79. The van der Waals surface area contributed by atoms with Gasteiger partial charge in [-0.05, 0) is 92.6 Å². The molecule has 1 aromatic carbocycles. The van der Waals surface area contributed by atoms with Gasteiger partial charge >= 0.3 is 12.0 Å². The second-order valence-corrected chi connectivity index (χ2v) is 12.2. The third-order valence-electron chi connectivity index (χ3n) is 10.0. The summed E-state index contributed by atoms with van der Waals surface area (Å²) in [6.45, 7) is 6.52. The molecule has 40 heavy (non-hydrogen) atoms. The Labute approximate surface area is 237 Å². The van der Waals surface area contributed by atoms with Gasteiger partial charge < -0.3 is 20.5 Å². The van der Waals surface area contributed by atoms with Crippen molar-refractivity contribution in [3.8, 4) is 0 Å². The molecule has 2 fully saturated rings. The molecular formula is C33H42N2O5. The number of aliphatic hydroxyl groups is 1. The van der Waals surface area contributed by atoms with Gasteiger partial charge in [0, 0.05) is 24.3 Å². The highest BCUT2D eigenvalue weighted by Gasteiger charge is 2.60. The summed E-state index contributed by atoms with van der Waals surface area (Å²) in [5, 5.41) is 16.7. The van der Waals surface area contributed by atoms with Crippen molar-refractivity contribution in [1.29, 1.82) is 0 Å². The van der Waals surface area contributed by atoms with Gasteiger partial charge in [-0.1, -0.05) is 48.9 Å². The number of allylic oxidation sites excluding steroid dienone is 4. The van der Waals surface area contributed by atoms with E-state index in [1.165, 1.54) is 22.3 Å². The molecule has 4 aliphatic carbocycles. The number of nitrogens with one attached hydrogen (secondary N) is 2. The van der Waals surface area contributed by atoms with Crippen molar-refractivity contribution in [3.63, 3.8) is 0 Å². The molecule has 7 heteroatoms. The van der Waals surface area contributed by atoms with Crippen LogP contribution in [0.25, 0.3) is 6.08 Å². The normalized spacial score (nSPS) is 31.2. The van der Waals surface area contributed by atoms with E-state index in [4.69, 9.17) is 4.74 Å². The van der Waals surface area contributed by atoms with Gasteiger partial charge in [-0.2, -0.15) is 0 Å². The number of benzene rings is 1. The molecule has 5 atom stereocenters. The van der Waals surface area contributed by atoms with E-state index in [1.54, 1.807) is 6.92 Å². The molecule has 2 amide bonds. The van der Waals surface area contributed by atoms with Gasteiger partial charge in [0.15, 0.2) is 5.78 Å². The van der Waals surface area contributed by atoms with Crippen molar-refractivity contribution in [2.24, 2.45) is 17.3 Å². The number of ether oxygens (including phenoxy) is 1. The summed E-state index contributed by atoms with van der Waals surface area (Å²) in [6, 6.07) is 8.20. The Bertz CT molecular complexity index is 1260. The molecule has 0 spiro atoms. The minimum atomic E-state index is -0.678. The van der Waals surface area contributed by atoms with Crippen molar-refractivity contribution in [2.75, 3.05) is 19.7 Å². The first kappa shape index (κ1) is 28.3. The summed E-state index contributed by atoms with van der Waals surface area (Å²) in [4.78, 5) is 35.4. The second kappa shape index (κ2) is 11.4. The Morgan fingerprint density at radius 2 is 1.88 bits per heavy atom. The van der Waals surface area contributed by atoms with Gasteiger partial charge in [-0.25, -0.2) is 4.79 Å². The van der Waals surface area contributed by atoms with Gasteiger partial charge in [0.25, 0.3) is 0 Å².